The number of rotatable bonds is 3. The standard InChI is InChI=1S/C13H17N3O2/c1-4-8-18-16-10-9-6-5-7-14-11(9)15-12(17)13(10,2)3/h5-7H,4,8H2,1-3H3,(H,14,15,17). The molecule has 0 bridgehead atoms. The van der Waals surface area contributed by atoms with Crippen LogP contribution in [0.25, 0.3) is 0 Å². The zero-order valence-electron chi connectivity index (χ0n) is 10.9. The monoisotopic (exact) mass is 247 g/mol. The normalized spacial score (nSPS) is 19.3. The third kappa shape index (κ3) is 2.08. The molecule has 0 fully saturated rings. The molecule has 0 atom stereocenters. The van der Waals surface area contributed by atoms with E-state index in [-0.39, 0.29) is 5.91 Å². The Kier molecular flexibility index (Phi) is 3.32. The first-order valence-corrected chi connectivity index (χ1v) is 6.04. The molecule has 0 unspecified atom stereocenters. The third-order valence-corrected chi connectivity index (χ3v) is 2.91. The fourth-order valence-corrected chi connectivity index (χ4v) is 1.77. The van der Waals surface area contributed by atoms with E-state index >= 15 is 0 Å². The molecule has 0 saturated carbocycles. The van der Waals surface area contributed by atoms with Gasteiger partial charge in [0.25, 0.3) is 0 Å². The van der Waals surface area contributed by atoms with Crippen LogP contribution < -0.4 is 5.32 Å². The van der Waals surface area contributed by atoms with Crippen LogP contribution in [0.4, 0.5) is 5.82 Å². The van der Waals surface area contributed by atoms with E-state index in [2.05, 4.69) is 15.5 Å². The highest BCUT2D eigenvalue weighted by molar-refractivity contribution is 6.24. The lowest BCUT2D eigenvalue weighted by molar-refractivity contribution is -0.121. The Labute approximate surface area is 106 Å². The first kappa shape index (κ1) is 12.5. The minimum Gasteiger partial charge on any atom is -0.396 e. The Balaban J connectivity index is 2.45. The molecule has 5 heteroatoms. The molecule has 2 rings (SSSR count). The van der Waals surface area contributed by atoms with Gasteiger partial charge in [0.05, 0.1) is 5.41 Å². The van der Waals surface area contributed by atoms with Crippen molar-refractivity contribution in [2.45, 2.75) is 27.2 Å². The maximum atomic E-state index is 12.0. The summed E-state index contributed by atoms with van der Waals surface area (Å²) in [6, 6.07) is 3.71. The van der Waals surface area contributed by atoms with Crippen LogP contribution in [0.1, 0.15) is 32.8 Å². The number of hydrogen-bond acceptors (Lipinski definition) is 4. The molecule has 18 heavy (non-hydrogen) atoms. The minimum atomic E-state index is -0.718. The molecule has 0 saturated heterocycles. The summed E-state index contributed by atoms with van der Waals surface area (Å²) in [5, 5.41) is 6.92. The van der Waals surface area contributed by atoms with Crippen LogP contribution in [0.5, 0.6) is 0 Å². The molecular formula is C13H17N3O2. The molecule has 0 spiro atoms. The van der Waals surface area contributed by atoms with Crippen molar-refractivity contribution in [2.75, 3.05) is 11.9 Å². The van der Waals surface area contributed by atoms with Gasteiger partial charge in [-0.05, 0) is 32.4 Å². The van der Waals surface area contributed by atoms with Gasteiger partial charge in [-0.2, -0.15) is 0 Å². The van der Waals surface area contributed by atoms with Crippen LogP contribution >= 0.6 is 0 Å². The van der Waals surface area contributed by atoms with E-state index in [1.54, 1.807) is 6.20 Å². The van der Waals surface area contributed by atoms with Gasteiger partial charge in [0.15, 0.2) is 0 Å². The van der Waals surface area contributed by atoms with Crippen LogP contribution in [-0.4, -0.2) is 23.2 Å². The third-order valence-electron chi connectivity index (χ3n) is 2.91. The molecule has 1 N–H and O–H groups in total. The summed E-state index contributed by atoms with van der Waals surface area (Å²) in [5.41, 5.74) is 0.727. The Morgan fingerprint density at radius 1 is 1.50 bits per heavy atom. The molecule has 0 aromatic carbocycles. The predicted octanol–water partition coefficient (Wildman–Crippen LogP) is 2.19. The molecule has 1 aliphatic heterocycles. The Morgan fingerprint density at radius 2 is 2.28 bits per heavy atom. The number of fused-ring (bicyclic) bond motifs is 1. The fourth-order valence-electron chi connectivity index (χ4n) is 1.77. The highest BCUT2D eigenvalue weighted by atomic mass is 16.6. The first-order chi connectivity index (χ1) is 8.57. The molecule has 2 heterocycles. The number of pyridine rings is 1. The zero-order chi connectivity index (χ0) is 13.2. The zero-order valence-corrected chi connectivity index (χ0v) is 10.9. The second-order valence-electron chi connectivity index (χ2n) is 4.75. The van der Waals surface area contributed by atoms with E-state index < -0.39 is 5.41 Å². The lowest BCUT2D eigenvalue weighted by Gasteiger charge is -2.30. The SMILES string of the molecule is CCCON=C1c2cccnc2NC(=O)C1(C)C. The van der Waals surface area contributed by atoms with Gasteiger partial charge < -0.3 is 10.2 Å². The van der Waals surface area contributed by atoms with E-state index in [4.69, 9.17) is 4.84 Å². The van der Waals surface area contributed by atoms with E-state index in [0.29, 0.717) is 18.1 Å². The fraction of sp³-hybridized carbons (Fsp3) is 0.462. The number of aromatic nitrogens is 1. The topological polar surface area (TPSA) is 63.6 Å². The number of nitrogens with zero attached hydrogens (tertiary/aromatic N) is 2. The molecule has 0 aliphatic carbocycles. The lowest BCUT2D eigenvalue weighted by atomic mass is 9.80. The summed E-state index contributed by atoms with van der Waals surface area (Å²) in [4.78, 5) is 21.4. The second-order valence-corrected chi connectivity index (χ2v) is 4.75. The number of oxime groups is 1. The van der Waals surface area contributed by atoms with E-state index in [1.165, 1.54) is 0 Å². The van der Waals surface area contributed by atoms with Crippen molar-refractivity contribution in [1.29, 1.82) is 0 Å². The highest BCUT2D eigenvalue weighted by Gasteiger charge is 2.41. The number of anilines is 1. The average molecular weight is 247 g/mol. The van der Waals surface area contributed by atoms with Crippen molar-refractivity contribution in [3.8, 4) is 0 Å². The van der Waals surface area contributed by atoms with Crippen LogP contribution in [0.3, 0.4) is 0 Å². The van der Waals surface area contributed by atoms with Gasteiger partial charge in [-0.1, -0.05) is 12.1 Å². The maximum absolute atomic E-state index is 12.0. The summed E-state index contributed by atoms with van der Waals surface area (Å²) in [5.74, 6) is 0.424. The van der Waals surface area contributed by atoms with Gasteiger partial charge in [0.2, 0.25) is 5.91 Å². The van der Waals surface area contributed by atoms with Crippen molar-refractivity contribution in [1.82, 2.24) is 4.98 Å². The number of amides is 1. The molecule has 1 aromatic heterocycles. The van der Waals surface area contributed by atoms with Gasteiger partial charge in [0.1, 0.15) is 18.1 Å². The van der Waals surface area contributed by atoms with Crippen molar-refractivity contribution in [3.63, 3.8) is 0 Å². The molecule has 1 aromatic rings. The Hall–Kier alpha value is -1.91. The van der Waals surface area contributed by atoms with Gasteiger partial charge >= 0.3 is 0 Å². The van der Waals surface area contributed by atoms with Gasteiger partial charge in [0, 0.05) is 11.8 Å². The number of hydrogen-bond donors (Lipinski definition) is 1. The maximum Gasteiger partial charge on any atom is 0.237 e. The lowest BCUT2D eigenvalue weighted by Crippen LogP contribution is -2.43. The Morgan fingerprint density at radius 3 is 3.00 bits per heavy atom. The Bertz CT molecular complexity index is 495. The van der Waals surface area contributed by atoms with E-state index in [9.17, 15) is 4.79 Å². The van der Waals surface area contributed by atoms with Gasteiger partial charge in [-0.15, -0.1) is 0 Å². The van der Waals surface area contributed by atoms with Crippen molar-refractivity contribution in [3.05, 3.63) is 23.9 Å². The molecule has 5 nitrogen and oxygen atoms in total. The average Bonchev–Trinajstić information content (AvgIpc) is 2.34. The number of carbonyl (C=O) groups is 1. The summed E-state index contributed by atoms with van der Waals surface area (Å²) in [6.45, 7) is 6.20. The van der Waals surface area contributed by atoms with Crippen LogP contribution in [0.2, 0.25) is 0 Å². The van der Waals surface area contributed by atoms with Crippen LogP contribution in [-0.2, 0) is 9.63 Å². The summed E-state index contributed by atoms with van der Waals surface area (Å²) in [7, 11) is 0. The quantitative estimate of drug-likeness (QED) is 0.657. The smallest absolute Gasteiger partial charge is 0.237 e. The summed E-state index contributed by atoms with van der Waals surface area (Å²) in [6.07, 6.45) is 2.52. The van der Waals surface area contributed by atoms with Crippen molar-refractivity contribution >= 4 is 17.4 Å². The second kappa shape index (κ2) is 4.76. The molecular weight excluding hydrogens is 230 g/mol. The largest absolute Gasteiger partial charge is 0.396 e. The number of nitrogens with one attached hydrogen (secondary N) is 1. The van der Waals surface area contributed by atoms with Gasteiger partial charge in [-0.3, -0.25) is 4.79 Å². The molecule has 96 valence electrons. The summed E-state index contributed by atoms with van der Waals surface area (Å²) >= 11 is 0. The summed E-state index contributed by atoms with van der Waals surface area (Å²) < 4.78 is 0. The molecule has 0 radical (unpaired) electrons. The minimum absolute atomic E-state index is 0.118. The van der Waals surface area contributed by atoms with Crippen molar-refractivity contribution < 1.29 is 9.63 Å². The van der Waals surface area contributed by atoms with Gasteiger partial charge in [-0.25, -0.2) is 4.98 Å². The highest BCUT2D eigenvalue weighted by Crippen LogP contribution is 2.32. The van der Waals surface area contributed by atoms with Crippen molar-refractivity contribution in [2.24, 2.45) is 10.6 Å². The predicted molar refractivity (Wildman–Crippen MR) is 69.4 cm³/mol. The molecule has 1 aliphatic rings. The number of carbonyl (C=O) groups excluding carboxylic acids is 1. The molecule has 1 amide bonds. The van der Waals surface area contributed by atoms with E-state index in [1.807, 2.05) is 32.9 Å². The van der Waals surface area contributed by atoms with Crippen LogP contribution in [0, 0.1) is 5.41 Å². The van der Waals surface area contributed by atoms with Crippen LogP contribution in [0.15, 0.2) is 23.5 Å². The van der Waals surface area contributed by atoms with E-state index in [0.717, 1.165) is 12.0 Å². The first-order valence-electron chi connectivity index (χ1n) is 6.04.